The fourth-order valence-corrected chi connectivity index (χ4v) is 1.63. The van der Waals surface area contributed by atoms with Gasteiger partial charge in [-0.2, -0.15) is 10.2 Å². The van der Waals surface area contributed by atoms with Crippen LogP contribution in [0.15, 0.2) is 58.7 Å². The zero-order chi connectivity index (χ0) is 14.4. The number of nitro groups is 1. The minimum Gasteiger partial charge on any atom is -0.258 e. The highest BCUT2D eigenvalue weighted by molar-refractivity contribution is 5.82. The SMILES string of the molecule is Cc1cccc(/C=N/N=C/c2ccc([N+](=O)[O-])cc2)c1. The Morgan fingerprint density at radius 3 is 2.25 bits per heavy atom. The Morgan fingerprint density at radius 1 is 1.00 bits per heavy atom. The molecule has 0 atom stereocenters. The fourth-order valence-electron chi connectivity index (χ4n) is 1.63. The van der Waals surface area contributed by atoms with E-state index in [2.05, 4.69) is 10.2 Å². The van der Waals surface area contributed by atoms with E-state index in [1.54, 1.807) is 24.6 Å². The first-order valence-electron chi connectivity index (χ1n) is 6.03. The molecule has 0 radical (unpaired) electrons. The van der Waals surface area contributed by atoms with Gasteiger partial charge in [-0.25, -0.2) is 0 Å². The van der Waals surface area contributed by atoms with Crippen molar-refractivity contribution in [2.45, 2.75) is 6.92 Å². The predicted octanol–water partition coefficient (Wildman–Crippen LogP) is 3.36. The molecule has 0 saturated carbocycles. The highest BCUT2D eigenvalue weighted by Crippen LogP contribution is 2.10. The molecule has 0 heterocycles. The van der Waals surface area contributed by atoms with Gasteiger partial charge in [-0.05, 0) is 30.2 Å². The third-order valence-corrected chi connectivity index (χ3v) is 2.63. The Balaban J connectivity index is 2.01. The van der Waals surface area contributed by atoms with Crippen molar-refractivity contribution in [3.05, 3.63) is 75.3 Å². The summed E-state index contributed by atoms with van der Waals surface area (Å²) in [5.41, 5.74) is 2.96. The van der Waals surface area contributed by atoms with Crippen LogP contribution in [0.5, 0.6) is 0 Å². The van der Waals surface area contributed by atoms with Gasteiger partial charge in [0.05, 0.1) is 17.4 Å². The van der Waals surface area contributed by atoms with Gasteiger partial charge >= 0.3 is 0 Å². The van der Waals surface area contributed by atoms with E-state index >= 15 is 0 Å². The van der Waals surface area contributed by atoms with Crippen LogP contribution >= 0.6 is 0 Å². The lowest BCUT2D eigenvalue weighted by molar-refractivity contribution is -0.384. The molecule has 5 heteroatoms. The number of hydrogen-bond acceptors (Lipinski definition) is 4. The van der Waals surface area contributed by atoms with Crippen molar-refractivity contribution in [1.29, 1.82) is 0 Å². The number of nitro benzene ring substituents is 1. The Kier molecular flexibility index (Phi) is 4.34. The summed E-state index contributed by atoms with van der Waals surface area (Å²) in [6.45, 7) is 2.01. The second kappa shape index (κ2) is 6.38. The second-order valence-corrected chi connectivity index (χ2v) is 4.25. The summed E-state index contributed by atoms with van der Waals surface area (Å²) in [5, 5.41) is 18.4. The van der Waals surface area contributed by atoms with Crippen molar-refractivity contribution in [3.63, 3.8) is 0 Å². The molecule has 0 amide bonds. The lowest BCUT2D eigenvalue weighted by Crippen LogP contribution is -1.88. The molecule has 0 fully saturated rings. The first kappa shape index (κ1) is 13.6. The van der Waals surface area contributed by atoms with E-state index in [1.165, 1.54) is 12.1 Å². The van der Waals surface area contributed by atoms with Crippen molar-refractivity contribution in [3.8, 4) is 0 Å². The van der Waals surface area contributed by atoms with Gasteiger partial charge in [-0.15, -0.1) is 0 Å². The van der Waals surface area contributed by atoms with E-state index in [4.69, 9.17) is 0 Å². The van der Waals surface area contributed by atoms with Crippen molar-refractivity contribution in [2.75, 3.05) is 0 Å². The minimum absolute atomic E-state index is 0.0606. The third kappa shape index (κ3) is 3.84. The summed E-state index contributed by atoms with van der Waals surface area (Å²) < 4.78 is 0. The van der Waals surface area contributed by atoms with Crippen LogP contribution in [0.2, 0.25) is 0 Å². The van der Waals surface area contributed by atoms with E-state index in [1.807, 2.05) is 31.2 Å². The standard InChI is InChI=1S/C15H13N3O2/c1-12-3-2-4-14(9-12)11-17-16-10-13-5-7-15(8-6-13)18(19)20/h2-11H,1H3/b16-10+,17-11+. The molecule has 0 unspecified atom stereocenters. The first-order valence-corrected chi connectivity index (χ1v) is 6.03. The largest absolute Gasteiger partial charge is 0.269 e. The Morgan fingerprint density at radius 2 is 1.65 bits per heavy atom. The zero-order valence-corrected chi connectivity index (χ0v) is 10.9. The van der Waals surface area contributed by atoms with Crippen molar-refractivity contribution in [2.24, 2.45) is 10.2 Å². The monoisotopic (exact) mass is 267 g/mol. The molecule has 0 aliphatic rings. The normalized spacial score (nSPS) is 11.2. The van der Waals surface area contributed by atoms with E-state index in [0.29, 0.717) is 0 Å². The lowest BCUT2D eigenvalue weighted by atomic mass is 10.2. The van der Waals surface area contributed by atoms with Crippen LogP contribution in [-0.2, 0) is 0 Å². The predicted molar refractivity (Wildman–Crippen MR) is 79.5 cm³/mol. The Bertz CT molecular complexity index is 661. The molecular formula is C15H13N3O2. The molecule has 2 aromatic rings. The van der Waals surface area contributed by atoms with E-state index in [0.717, 1.165) is 16.7 Å². The molecule has 100 valence electrons. The maximum Gasteiger partial charge on any atom is 0.269 e. The zero-order valence-electron chi connectivity index (χ0n) is 10.9. The van der Waals surface area contributed by atoms with Gasteiger partial charge in [0.2, 0.25) is 0 Å². The van der Waals surface area contributed by atoms with Gasteiger partial charge < -0.3 is 0 Å². The Hall–Kier alpha value is -2.82. The first-order chi connectivity index (χ1) is 9.65. The van der Waals surface area contributed by atoms with Gasteiger partial charge in [-0.3, -0.25) is 10.1 Å². The minimum atomic E-state index is -0.434. The molecule has 0 bridgehead atoms. The Labute approximate surface area is 116 Å². The summed E-state index contributed by atoms with van der Waals surface area (Å²) in [6.07, 6.45) is 3.21. The van der Waals surface area contributed by atoms with Gasteiger partial charge in [0, 0.05) is 12.1 Å². The van der Waals surface area contributed by atoms with Crippen LogP contribution < -0.4 is 0 Å². The number of aryl methyl sites for hydroxylation is 1. The molecule has 5 nitrogen and oxygen atoms in total. The number of non-ortho nitro benzene ring substituents is 1. The van der Waals surface area contributed by atoms with Gasteiger partial charge in [-0.1, -0.05) is 29.8 Å². The molecule has 20 heavy (non-hydrogen) atoms. The quantitative estimate of drug-likeness (QED) is 0.484. The van der Waals surface area contributed by atoms with Gasteiger partial charge in [0.25, 0.3) is 5.69 Å². The molecule has 0 spiro atoms. The third-order valence-electron chi connectivity index (χ3n) is 2.63. The van der Waals surface area contributed by atoms with Crippen LogP contribution in [0.3, 0.4) is 0 Å². The molecule has 2 rings (SSSR count). The van der Waals surface area contributed by atoms with Gasteiger partial charge in [0.1, 0.15) is 0 Å². The summed E-state index contributed by atoms with van der Waals surface area (Å²) in [7, 11) is 0. The van der Waals surface area contributed by atoms with Crippen LogP contribution in [0.1, 0.15) is 16.7 Å². The number of nitrogens with zero attached hydrogens (tertiary/aromatic N) is 3. The molecule has 0 saturated heterocycles. The summed E-state index contributed by atoms with van der Waals surface area (Å²) in [6, 6.07) is 14.0. The fraction of sp³-hybridized carbons (Fsp3) is 0.0667. The highest BCUT2D eigenvalue weighted by Gasteiger charge is 2.02. The highest BCUT2D eigenvalue weighted by atomic mass is 16.6. The molecule has 0 N–H and O–H groups in total. The van der Waals surface area contributed by atoms with Crippen molar-refractivity contribution in [1.82, 2.24) is 0 Å². The summed E-state index contributed by atoms with van der Waals surface area (Å²) >= 11 is 0. The van der Waals surface area contributed by atoms with E-state index < -0.39 is 4.92 Å². The second-order valence-electron chi connectivity index (χ2n) is 4.25. The maximum atomic E-state index is 10.5. The maximum absolute atomic E-state index is 10.5. The topological polar surface area (TPSA) is 67.9 Å². The number of hydrogen-bond donors (Lipinski definition) is 0. The van der Waals surface area contributed by atoms with Crippen LogP contribution in [-0.4, -0.2) is 17.4 Å². The van der Waals surface area contributed by atoms with E-state index in [9.17, 15) is 10.1 Å². The molecule has 0 aromatic heterocycles. The number of benzene rings is 2. The van der Waals surface area contributed by atoms with Crippen LogP contribution in [0.25, 0.3) is 0 Å². The average Bonchev–Trinajstić information content (AvgIpc) is 2.44. The van der Waals surface area contributed by atoms with E-state index in [-0.39, 0.29) is 5.69 Å². The van der Waals surface area contributed by atoms with Crippen molar-refractivity contribution >= 4 is 18.1 Å². The van der Waals surface area contributed by atoms with Crippen LogP contribution in [0, 0.1) is 17.0 Å². The average molecular weight is 267 g/mol. The molecule has 2 aromatic carbocycles. The molecular weight excluding hydrogens is 254 g/mol. The van der Waals surface area contributed by atoms with Crippen molar-refractivity contribution < 1.29 is 4.92 Å². The smallest absolute Gasteiger partial charge is 0.258 e. The van der Waals surface area contributed by atoms with Crippen LogP contribution in [0.4, 0.5) is 5.69 Å². The summed E-state index contributed by atoms with van der Waals surface area (Å²) in [4.78, 5) is 10.1. The molecule has 0 aliphatic carbocycles. The summed E-state index contributed by atoms with van der Waals surface area (Å²) in [5.74, 6) is 0. The lowest BCUT2D eigenvalue weighted by Gasteiger charge is -1.93. The number of rotatable bonds is 4. The molecule has 0 aliphatic heterocycles. The van der Waals surface area contributed by atoms with Gasteiger partial charge in [0.15, 0.2) is 0 Å².